The molecule has 3 nitrogen and oxygen atoms in total. The van der Waals surface area contributed by atoms with Gasteiger partial charge in [-0.25, -0.2) is 0 Å². The van der Waals surface area contributed by atoms with Crippen molar-refractivity contribution < 1.29 is 4.79 Å². The molecule has 2 aromatic carbocycles. The van der Waals surface area contributed by atoms with Crippen molar-refractivity contribution in [3.05, 3.63) is 70.7 Å². The van der Waals surface area contributed by atoms with Gasteiger partial charge in [0.15, 0.2) is 0 Å². The van der Waals surface area contributed by atoms with E-state index in [1.54, 1.807) is 0 Å². The molecule has 4 heteroatoms. The second-order valence-corrected chi connectivity index (χ2v) is 7.42. The smallest absolute Gasteiger partial charge is 0.222 e. The molecule has 2 aromatic rings. The van der Waals surface area contributed by atoms with Crippen LogP contribution < -0.4 is 0 Å². The molecular weight excluding hydrogens is 344 g/mol. The van der Waals surface area contributed by atoms with Gasteiger partial charge in [0, 0.05) is 43.7 Å². The third-order valence-electron chi connectivity index (χ3n) is 5.27. The second kappa shape index (κ2) is 9.20. The summed E-state index contributed by atoms with van der Waals surface area (Å²) in [7, 11) is 0. The summed E-state index contributed by atoms with van der Waals surface area (Å²) in [6.07, 6.45) is 2.53. The number of rotatable bonds is 6. The molecule has 1 saturated heterocycles. The maximum atomic E-state index is 12.5. The van der Waals surface area contributed by atoms with Crippen LogP contribution in [0, 0.1) is 0 Å². The number of amides is 1. The lowest BCUT2D eigenvalue weighted by molar-refractivity contribution is -0.133. The summed E-state index contributed by atoms with van der Waals surface area (Å²) in [6, 6.07) is 18.8. The zero-order chi connectivity index (χ0) is 18.4. The Kier molecular flexibility index (Phi) is 6.70. The van der Waals surface area contributed by atoms with Gasteiger partial charge in [0.25, 0.3) is 0 Å². The average Bonchev–Trinajstić information content (AvgIpc) is 2.69. The van der Waals surface area contributed by atoms with Gasteiger partial charge in [0.05, 0.1) is 0 Å². The van der Waals surface area contributed by atoms with Crippen molar-refractivity contribution in [2.75, 3.05) is 26.2 Å². The largest absolute Gasteiger partial charge is 0.340 e. The summed E-state index contributed by atoms with van der Waals surface area (Å²) in [6.45, 7) is 5.72. The Hall–Kier alpha value is -1.84. The molecule has 0 aliphatic carbocycles. The molecule has 0 spiro atoms. The molecular formula is C22H27ClN2O. The predicted octanol–water partition coefficient (Wildman–Crippen LogP) is 4.57. The summed E-state index contributed by atoms with van der Waals surface area (Å²) in [4.78, 5) is 16.9. The highest BCUT2D eigenvalue weighted by Crippen LogP contribution is 2.23. The van der Waals surface area contributed by atoms with Gasteiger partial charge < -0.3 is 4.90 Å². The summed E-state index contributed by atoms with van der Waals surface area (Å²) in [5.41, 5.74) is 2.58. The summed E-state index contributed by atoms with van der Waals surface area (Å²) < 4.78 is 0. The first-order chi connectivity index (χ1) is 12.6. The van der Waals surface area contributed by atoms with Crippen LogP contribution >= 0.6 is 11.6 Å². The van der Waals surface area contributed by atoms with E-state index in [2.05, 4.69) is 48.2 Å². The quantitative estimate of drug-likeness (QED) is 0.743. The van der Waals surface area contributed by atoms with Crippen LogP contribution in [0.2, 0.25) is 5.02 Å². The summed E-state index contributed by atoms with van der Waals surface area (Å²) in [5, 5.41) is 0.770. The van der Waals surface area contributed by atoms with Crippen molar-refractivity contribution in [3.8, 4) is 0 Å². The normalized spacial score (nSPS) is 16.5. The van der Waals surface area contributed by atoms with E-state index in [1.165, 1.54) is 11.1 Å². The van der Waals surface area contributed by atoms with Crippen molar-refractivity contribution in [2.24, 2.45) is 0 Å². The first-order valence-corrected chi connectivity index (χ1v) is 9.82. The van der Waals surface area contributed by atoms with Crippen molar-refractivity contribution >= 4 is 17.5 Å². The van der Waals surface area contributed by atoms with Crippen LogP contribution in [0.1, 0.15) is 36.9 Å². The summed E-state index contributed by atoms with van der Waals surface area (Å²) >= 11 is 5.98. The van der Waals surface area contributed by atoms with Gasteiger partial charge in [-0.3, -0.25) is 9.69 Å². The minimum Gasteiger partial charge on any atom is -0.340 e. The topological polar surface area (TPSA) is 23.6 Å². The van der Waals surface area contributed by atoms with E-state index in [1.807, 2.05) is 23.1 Å². The van der Waals surface area contributed by atoms with Crippen LogP contribution in [0.3, 0.4) is 0 Å². The number of hydrogen-bond donors (Lipinski definition) is 0. The SMILES string of the molecule is CC(c1ccc(Cl)cc1)N1CCN(C(=O)CCCc2ccccc2)CC1. The molecule has 1 atom stereocenters. The van der Waals surface area contributed by atoms with Gasteiger partial charge in [0.2, 0.25) is 5.91 Å². The zero-order valence-corrected chi connectivity index (χ0v) is 16.2. The van der Waals surface area contributed by atoms with Gasteiger partial charge in [-0.1, -0.05) is 54.1 Å². The maximum absolute atomic E-state index is 12.5. The molecule has 1 unspecified atom stereocenters. The molecule has 1 aliphatic rings. The number of aryl methyl sites for hydroxylation is 1. The average molecular weight is 371 g/mol. The Morgan fingerprint density at radius 3 is 2.31 bits per heavy atom. The van der Waals surface area contributed by atoms with Gasteiger partial charge >= 0.3 is 0 Å². The minimum atomic E-state index is 0.291. The Morgan fingerprint density at radius 2 is 1.65 bits per heavy atom. The van der Waals surface area contributed by atoms with Crippen molar-refractivity contribution in [3.63, 3.8) is 0 Å². The molecule has 1 amide bonds. The molecule has 0 saturated carbocycles. The van der Waals surface area contributed by atoms with Gasteiger partial charge in [0.1, 0.15) is 0 Å². The molecule has 1 aliphatic heterocycles. The van der Waals surface area contributed by atoms with E-state index in [4.69, 9.17) is 11.6 Å². The lowest BCUT2D eigenvalue weighted by Crippen LogP contribution is -2.49. The molecule has 26 heavy (non-hydrogen) atoms. The van der Waals surface area contributed by atoms with Gasteiger partial charge in [-0.2, -0.15) is 0 Å². The molecule has 1 heterocycles. The van der Waals surface area contributed by atoms with Crippen LogP contribution in [-0.2, 0) is 11.2 Å². The standard InChI is InChI=1S/C22H27ClN2O/c1-18(20-10-12-21(23)13-11-20)24-14-16-25(17-15-24)22(26)9-5-8-19-6-3-2-4-7-19/h2-4,6-7,10-13,18H,5,8-9,14-17H2,1H3. The molecule has 1 fully saturated rings. The fraction of sp³-hybridized carbons (Fsp3) is 0.409. The molecule has 0 bridgehead atoms. The van der Waals surface area contributed by atoms with Crippen molar-refractivity contribution in [1.82, 2.24) is 9.80 Å². The fourth-order valence-electron chi connectivity index (χ4n) is 3.56. The van der Waals surface area contributed by atoms with E-state index >= 15 is 0 Å². The van der Waals surface area contributed by atoms with Crippen LogP contribution in [0.4, 0.5) is 0 Å². The maximum Gasteiger partial charge on any atom is 0.222 e. The highest BCUT2D eigenvalue weighted by Gasteiger charge is 2.24. The Bertz CT molecular complexity index is 694. The van der Waals surface area contributed by atoms with Crippen molar-refractivity contribution in [2.45, 2.75) is 32.2 Å². The predicted molar refractivity (Wildman–Crippen MR) is 107 cm³/mol. The number of halogens is 1. The number of hydrogen-bond acceptors (Lipinski definition) is 2. The molecule has 0 radical (unpaired) electrons. The number of benzene rings is 2. The Balaban J connectivity index is 1.42. The van der Waals surface area contributed by atoms with Crippen LogP contribution in [0.25, 0.3) is 0 Å². The molecule has 0 aromatic heterocycles. The Morgan fingerprint density at radius 1 is 1.00 bits per heavy atom. The van der Waals surface area contributed by atoms with Gasteiger partial charge in [-0.15, -0.1) is 0 Å². The lowest BCUT2D eigenvalue weighted by atomic mass is 10.1. The monoisotopic (exact) mass is 370 g/mol. The molecule has 0 N–H and O–H groups in total. The second-order valence-electron chi connectivity index (χ2n) is 6.98. The molecule has 3 rings (SSSR count). The van der Waals surface area contributed by atoms with Gasteiger partial charge in [-0.05, 0) is 43.0 Å². The highest BCUT2D eigenvalue weighted by atomic mass is 35.5. The number of carbonyl (C=O) groups excluding carboxylic acids is 1. The minimum absolute atomic E-state index is 0.291. The number of nitrogens with zero attached hydrogens (tertiary/aromatic N) is 2. The third-order valence-corrected chi connectivity index (χ3v) is 5.52. The number of piperazine rings is 1. The van der Waals surface area contributed by atoms with Crippen LogP contribution in [-0.4, -0.2) is 41.9 Å². The third kappa shape index (κ3) is 5.09. The number of carbonyl (C=O) groups is 1. The Labute approximate surface area is 161 Å². The van der Waals surface area contributed by atoms with E-state index in [0.29, 0.717) is 18.4 Å². The fourth-order valence-corrected chi connectivity index (χ4v) is 3.68. The van der Waals surface area contributed by atoms with E-state index in [-0.39, 0.29) is 0 Å². The van der Waals surface area contributed by atoms with Crippen LogP contribution in [0.15, 0.2) is 54.6 Å². The van der Waals surface area contributed by atoms with E-state index in [9.17, 15) is 4.79 Å². The van der Waals surface area contributed by atoms with Crippen molar-refractivity contribution in [1.29, 1.82) is 0 Å². The molecule has 138 valence electrons. The van der Waals surface area contributed by atoms with Crippen LogP contribution in [0.5, 0.6) is 0 Å². The first kappa shape index (κ1) is 18.9. The summed E-state index contributed by atoms with van der Waals surface area (Å²) in [5.74, 6) is 0.291. The van der Waals surface area contributed by atoms with E-state index < -0.39 is 0 Å². The highest BCUT2D eigenvalue weighted by molar-refractivity contribution is 6.30. The first-order valence-electron chi connectivity index (χ1n) is 9.45. The zero-order valence-electron chi connectivity index (χ0n) is 15.4. The van der Waals surface area contributed by atoms with E-state index in [0.717, 1.165) is 44.0 Å². The lowest BCUT2D eigenvalue weighted by Gasteiger charge is -2.38.